The minimum absolute atomic E-state index is 0.290. The van der Waals surface area contributed by atoms with Crippen molar-refractivity contribution in [3.8, 4) is 11.5 Å². The maximum atomic E-state index is 13.0. The maximum absolute atomic E-state index is 13.0. The SMILES string of the molecule is O=C(COC(=O)/C=C/c1ccc2c(c1)OCCO2)Nc1cccc(F)c1. The second-order valence-corrected chi connectivity index (χ2v) is 5.40. The van der Waals surface area contributed by atoms with Gasteiger partial charge in [-0.25, -0.2) is 9.18 Å². The molecule has 0 radical (unpaired) electrons. The largest absolute Gasteiger partial charge is 0.486 e. The van der Waals surface area contributed by atoms with Crippen molar-refractivity contribution >= 4 is 23.6 Å². The van der Waals surface area contributed by atoms with Crippen LogP contribution in [0.3, 0.4) is 0 Å². The first-order chi connectivity index (χ1) is 12.6. The lowest BCUT2D eigenvalue weighted by atomic mass is 10.2. The maximum Gasteiger partial charge on any atom is 0.331 e. The van der Waals surface area contributed by atoms with Gasteiger partial charge in [0.2, 0.25) is 0 Å². The van der Waals surface area contributed by atoms with Crippen molar-refractivity contribution in [2.45, 2.75) is 0 Å². The molecule has 7 heteroatoms. The molecule has 1 heterocycles. The van der Waals surface area contributed by atoms with Crippen LogP contribution >= 0.6 is 0 Å². The van der Waals surface area contributed by atoms with Crippen molar-refractivity contribution in [1.82, 2.24) is 0 Å². The first kappa shape index (κ1) is 17.5. The fourth-order valence-corrected chi connectivity index (χ4v) is 2.28. The molecule has 1 aliphatic rings. The molecule has 0 fully saturated rings. The molecular formula is C19H16FNO5. The summed E-state index contributed by atoms with van der Waals surface area (Å²) in [6, 6.07) is 10.7. The Morgan fingerprint density at radius 3 is 2.73 bits per heavy atom. The van der Waals surface area contributed by atoms with Gasteiger partial charge in [0.1, 0.15) is 19.0 Å². The second-order valence-electron chi connectivity index (χ2n) is 5.40. The quantitative estimate of drug-likeness (QED) is 0.658. The zero-order chi connectivity index (χ0) is 18.4. The van der Waals surface area contributed by atoms with Crippen molar-refractivity contribution in [3.63, 3.8) is 0 Å². The number of fused-ring (bicyclic) bond motifs is 1. The Bertz CT molecular complexity index is 850. The standard InChI is InChI=1S/C19H16FNO5/c20-14-2-1-3-15(11-14)21-18(22)12-26-19(23)7-5-13-4-6-16-17(10-13)25-9-8-24-16/h1-7,10-11H,8-9,12H2,(H,21,22)/b7-5+. The summed E-state index contributed by atoms with van der Waals surface area (Å²) in [6.45, 7) is 0.510. The number of esters is 1. The monoisotopic (exact) mass is 357 g/mol. The van der Waals surface area contributed by atoms with Gasteiger partial charge in [0.05, 0.1) is 0 Å². The summed E-state index contributed by atoms with van der Waals surface area (Å²) in [4.78, 5) is 23.4. The second kappa shape index (κ2) is 8.15. The van der Waals surface area contributed by atoms with Crippen LogP contribution in [0.25, 0.3) is 6.08 Å². The van der Waals surface area contributed by atoms with Crippen molar-refractivity contribution < 1.29 is 28.2 Å². The molecule has 3 rings (SSSR count). The highest BCUT2D eigenvalue weighted by atomic mass is 19.1. The van der Waals surface area contributed by atoms with E-state index in [0.29, 0.717) is 24.7 Å². The molecule has 2 aromatic carbocycles. The summed E-state index contributed by atoms with van der Waals surface area (Å²) in [7, 11) is 0. The molecule has 0 bridgehead atoms. The molecule has 1 amide bonds. The summed E-state index contributed by atoms with van der Waals surface area (Å²) in [5.74, 6) is -0.431. The normalized spacial score (nSPS) is 12.7. The lowest BCUT2D eigenvalue weighted by Gasteiger charge is -2.18. The zero-order valence-corrected chi connectivity index (χ0v) is 13.7. The third kappa shape index (κ3) is 4.83. The molecule has 0 unspecified atom stereocenters. The number of halogens is 1. The molecule has 0 spiro atoms. The number of hydrogen-bond donors (Lipinski definition) is 1. The average Bonchev–Trinajstić information content (AvgIpc) is 2.64. The van der Waals surface area contributed by atoms with Crippen molar-refractivity contribution in [3.05, 3.63) is 59.9 Å². The van der Waals surface area contributed by atoms with Gasteiger partial charge in [0, 0.05) is 11.8 Å². The predicted octanol–water partition coefficient (Wildman–Crippen LogP) is 2.79. The van der Waals surface area contributed by atoms with Crippen LogP contribution in [0.4, 0.5) is 10.1 Å². The van der Waals surface area contributed by atoms with E-state index in [0.717, 1.165) is 5.56 Å². The van der Waals surface area contributed by atoms with E-state index in [1.807, 2.05) is 0 Å². The Hall–Kier alpha value is -3.35. The van der Waals surface area contributed by atoms with E-state index in [1.165, 1.54) is 30.3 Å². The Morgan fingerprint density at radius 2 is 1.92 bits per heavy atom. The Balaban J connectivity index is 1.49. The van der Waals surface area contributed by atoms with E-state index in [9.17, 15) is 14.0 Å². The third-order valence-electron chi connectivity index (χ3n) is 3.43. The molecule has 0 aliphatic carbocycles. The van der Waals surface area contributed by atoms with Gasteiger partial charge >= 0.3 is 5.97 Å². The number of rotatable bonds is 5. The molecular weight excluding hydrogens is 341 g/mol. The van der Waals surface area contributed by atoms with Crippen LogP contribution in [-0.4, -0.2) is 31.7 Å². The number of ether oxygens (including phenoxy) is 3. The van der Waals surface area contributed by atoms with Gasteiger partial charge in [0.25, 0.3) is 5.91 Å². The van der Waals surface area contributed by atoms with Crippen LogP contribution in [-0.2, 0) is 14.3 Å². The topological polar surface area (TPSA) is 73.9 Å². The van der Waals surface area contributed by atoms with Gasteiger partial charge in [-0.05, 0) is 42.0 Å². The smallest absolute Gasteiger partial charge is 0.331 e. The van der Waals surface area contributed by atoms with Crippen LogP contribution in [0.5, 0.6) is 11.5 Å². The highest BCUT2D eigenvalue weighted by molar-refractivity contribution is 5.94. The minimum atomic E-state index is -0.672. The lowest BCUT2D eigenvalue weighted by Crippen LogP contribution is -2.20. The first-order valence-corrected chi connectivity index (χ1v) is 7.90. The van der Waals surface area contributed by atoms with Gasteiger partial charge in [0.15, 0.2) is 18.1 Å². The van der Waals surface area contributed by atoms with E-state index in [2.05, 4.69) is 5.32 Å². The number of anilines is 1. The minimum Gasteiger partial charge on any atom is -0.486 e. The van der Waals surface area contributed by atoms with Crippen molar-refractivity contribution in [2.75, 3.05) is 25.1 Å². The van der Waals surface area contributed by atoms with Crippen LogP contribution in [0.2, 0.25) is 0 Å². The highest BCUT2D eigenvalue weighted by Gasteiger charge is 2.11. The van der Waals surface area contributed by atoms with Crippen LogP contribution < -0.4 is 14.8 Å². The van der Waals surface area contributed by atoms with Crippen LogP contribution in [0.1, 0.15) is 5.56 Å². The molecule has 1 N–H and O–H groups in total. The first-order valence-electron chi connectivity index (χ1n) is 7.90. The van der Waals surface area contributed by atoms with E-state index in [-0.39, 0.29) is 5.69 Å². The lowest BCUT2D eigenvalue weighted by molar-refractivity contribution is -0.142. The number of carbonyl (C=O) groups excluding carboxylic acids is 2. The number of amides is 1. The summed E-state index contributed by atoms with van der Waals surface area (Å²) < 4.78 is 28.8. The van der Waals surface area contributed by atoms with Crippen molar-refractivity contribution in [1.29, 1.82) is 0 Å². The summed E-state index contributed by atoms with van der Waals surface area (Å²) in [5.41, 5.74) is 1.02. The van der Waals surface area contributed by atoms with Gasteiger partial charge in [-0.15, -0.1) is 0 Å². The molecule has 0 saturated carbocycles. The third-order valence-corrected chi connectivity index (χ3v) is 3.43. The average molecular weight is 357 g/mol. The van der Waals surface area contributed by atoms with Gasteiger partial charge in [-0.2, -0.15) is 0 Å². The number of hydrogen-bond acceptors (Lipinski definition) is 5. The zero-order valence-electron chi connectivity index (χ0n) is 13.7. The molecule has 134 valence electrons. The predicted molar refractivity (Wildman–Crippen MR) is 92.5 cm³/mol. The molecule has 0 atom stereocenters. The number of benzene rings is 2. The van der Waals surface area contributed by atoms with Gasteiger partial charge < -0.3 is 19.5 Å². The molecule has 1 aliphatic heterocycles. The Morgan fingerprint density at radius 1 is 1.12 bits per heavy atom. The highest BCUT2D eigenvalue weighted by Crippen LogP contribution is 2.31. The van der Waals surface area contributed by atoms with Crippen LogP contribution in [0.15, 0.2) is 48.5 Å². The molecule has 0 aromatic heterocycles. The summed E-state index contributed by atoms with van der Waals surface area (Å²) in [6.07, 6.45) is 2.76. The fraction of sp³-hybridized carbons (Fsp3) is 0.158. The Labute approximate surface area is 149 Å². The number of nitrogens with one attached hydrogen (secondary N) is 1. The molecule has 6 nitrogen and oxygen atoms in total. The van der Waals surface area contributed by atoms with E-state index in [4.69, 9.17) is 14.2 Å². The number of carbonyl (C=O) groups is 2. The molecule has 26 heavy (non-hydrogen) atoms. The van der Waals surface area contributed by atoms with Gasteiger partial charge in [-0.3, -0.25) is 4.79 Å². The van der Waals surface area contributed by atoms with Crippen LogP contribution in [0, 0.1) is 5.82 Å². The van der Waals surface area contributed by atoms with Gasteiger partial charge in [-0.1, -0.05) is 12.1 Å². The summed E-state index contributed by atoms with van der Waals surface area (Å²) >= 11 is 0. The van der Waals surface area contributed by atoms with E-state index < -0.39 is 24.3 Å². The molecule has 2 aromatic rings. The molecule has 0 saturated heterocycles. The van der Waals surface area contributed by atoms with E-state index >= 15 is 0 Å². The van der Waals surface area contributed by atoms with E-state index in [1.54, 1.807) is 24.3 Å². The fourth-order valence-electron chi connectivity index (χ4n) is 2.28. The Kier molecular flexibility index (Phi) is 5.48. The summed E-state index contributed by atoms with van der Waals surface area (Å²) in [5, 5.41) is 2.44. The van der Waals surface area contributed by atoms with Crippen molar-refractivity contribution in [2.24, 2.45) is 0 Å².